The predicted molar refractivity (Wildman–Crippen MR) is 287 cm³/mol. The van der Waals surface area contributed by atoms with Gasteiger partial charge < -0.3 is 4.90 Å². The maximum atomic E-state index is 5.61. The van der Waals surface area contributed by atoms with Crippen LogP contribution in [0.1, 0.15) is 72.9 Å². The van der Waals surface area contributed by atoms with Crippen LogP contribution in [0.4, 0.5) is 11.4 Å². The fraction of sp³-hybridized carbons (Fsp3) is 0.111. The molecule has 0 saturated carbocycles. The van der Waals surface area contributed by atoms with Gasteiger partial charge in [-0.05, 0) is 158 Å². The summed E-state index contributed by atoms with van der Waals surface area (Å²) in [5.41, 5.74) is 18.2. The number of fused-ring (bicyclic) bond motifs is 13. The molecule has 13 rings (SSSR count). The molecule has 0 N–H and O–H groups in total. The third-order valence-electron chi connectivity index (χ3n) is 14.5. The number of benzene rings is 9. The fourth-order valence-electron chi connectivity index (χ4n) is 11.4. The molecular formula is C63H48N3S+. The van der Waals surface area contributed by atoms with Crippen molar-refractivity contribution in [3.05, 3.63) is 234 Å². The number of amidine groups is 1. The van der Waals surface area contributed by atoms with E-state index in [0.29, 0.717) is 5.92 Å². The van der Waals surface area contributed by atoms with E-state index in [1.807, 2.05) is 0 Å². The number of aliphatic imine (C=N–C) groups is 2. The second-order valence-corrected chi connectivity index (χ2v) is 19.5. The third kappa shape index (κ3) is 6.53. The summed E-state index contributed by atoms with van der Waals surface area (Å²) in [5, 5.41) is 6.28. The monoisotopic (exact) mass is 878 g/mol. The maximum Gasteiger partial charge on any atom is 0.203 e. The van der Waals surface area contributed by atoms with Gasteiger partial charge in [-0.15, -0.1) is 0 Å². The highest BCUT2D eigenvalue weighted by molar-refractivity contribution is 7.23. The molecule has 0 saturated heterocycles. The average Bonchev–Trinajstić information content (AvgIpc) is 3.94. The van der Waals surface area contributed by atoms with E-state index in [1.165, 1.54) is 92.6 Å². The van der Waals surface area contributed by atoms with Crippen LogP contribution in [0, 0.1) is 0 Å². The molecule has 10 aromatic rings. The van der Waals surface area contributed by atoms with Gasteiger partial charge in [0.25, 0.3) is 0 Å². The van der Waals surface area contributed by atoms with Gasteiger partial charge in [-0.3, -0.25) is 0 Å². The Morgan fingerprint density at radius 1 is 0.507 bits per heavy atom. The maximum absolute atomic E-state index is 5.61. The normalized spacial score (nSPS) is 17.6. The molecule has 4 heteroatoms. The Labute approximate surface area is 395 Å². The van der Waals surface area contributed by atoms with Crippen molar-refractivity contribution in [2.75, 3.05) is 4.90 Å². The van der Waals surface area contributed by atoms with Crippen molar-refractivity contribution in [2.45, 2.75) is 45.1 Å². The first-order valence-electron chi connectivity index (χ1n) is 23.7. The molecule has 4 heterocycles. The standard InChI is InChI=1S/C63H47N3S/c1-3-47-51-26-16-17-29-57(51)66-60(47)52-27-14-15-28-53(52)62-61(66)55-37-42(31-33-58(55)67-62)44-34-45(54-38-43-22-10-11-23-48(43)49-24-12-13-25-50(49)54)36-46(35-44)63-64-56(40-18-6-4-7-19-40)32-30-39(2)59(65-63)41-20-8-5-9-21-41/h4-29,31,33-38,47,60H,3,30,32H2,1-2H3/p+1/b59-39+,64-56?,65-63?. The van der Waals surface area contributed by atoms with E-state index < -0.39 is 0 Å². The number of nitrogens with zero attached hydrogens (tertiary/aromatic N) is 3. The Balaban J connectivity index is 1.08. The quantitative estimate of drug-likeness (QED) is 0.121. The molecule has 2 atom stereocenters. The first-order chi connectivity index (χ1) is 33.1. The Morgan fingerprint density at radius 3 is 2.00 bits per heavy atom. The van der Waals surface area contributed by atoms with Crippen LogP contribution in [0.15, 0.2) is 216 Å². The molecule has 2 unspecified atom stereocenters. The van der Waals surface area contributed by atoms with Crippen LogP contribution < -0.4 is 4.90 Å². The summed E-state index contributed by atoms with van der Waals surface area (Å²) in [6, 6.07) is 74.2. The van der Waals surface area contributed by atoms with Crippen LogP contribution in [-0.2, 0) is 0 Å². The minimum atomic E-state index is 0.252. The van der Waals surface area contributed by atoms with Gasteiger partial charge in [0, 0.05) is 28.3 Å². The molecule has 0 spiro atoms. The SMILES string of the molecule is CCC1c2ccccc2N2c3c([sH+]c4ccc(-c5cc(C6=N/C(c7ccccc7)=C(\C)CCC(c7ccccc7)=N6)cc(-c6cc7ccccc7c7ccccc67)c5)cc34)-c3ccccc3C12. The molecular weight excluding hydrogens is 831 g/mol. The Bertz CT molecular complexity index is 3710. The van der Waals surface area contributed by atoms with Gasteiger partial charge in [0.15, 0.2) is 10.5 Å². The minimum Gasteiger partial charge on any atom is -0.328 e. The molecule has 0 aliphatic carbocycles. The van der Waals surface area contributed by atoms with Crippen molar-refractivity contribution in [3.63, 3.8) is 0 Å². The van der Waals surface area contributed by atoms with Crippen molar-refractivity contribution in [3.8, 4) is 32.7 Å². The van der Waals surface area contributed by atoms with Crippen molar-refractivity contribution >= 4 is 71.6 Å². The van der Waals surface area contributed by atoms with E-state index in [9.17, 15) is 0 Å². The van der Waals surface area contributed by atoms with E-state index in [0.717, 1.165) is 64.3 Å². The number of hydrogen-bond acceptors (Lipinski definition) is 3. The molecule has 1 aromatic heterocycles. The molecule has 3 aliphatic heterocycles. The minimum absolute atomic E-state index is 0.252. The number of rotatable bonds is 6. The fourth-order valence-corrected chi connectivity index (χ4v) is 12.7. The van der Waals surface area contributed by atoms with Crippen molar-refractivity contribution in [1.82, 2.24) is 0 Å². The molecule has 9 aromatic carbocycles. The lowest BCUT2D eigenvalue weighted by Gasteiger charge is -2.34. The number of allylic oxidation sites excluding steroid dienone is 1. The molecule has 0 bridgehead atoms. The second kappa shape index (κ2) is 16.0. The van der Waals surface area contributed by atoms with Gasteiger partial charge in [-0.2, -0.15) is 0 Å². The van der Waals surface area contributed by atoms with Crippen LogP contribution in [0.5, 0.6) is 0 Å². The summed E-state index contributed by atoms with van der Waals surface area (Å²) in [5.74, 6) is 1.14. The predicted octanol–water partition coefficient (Wildman–Crippen LogP) is 17.1. The molecule has 3 aliphatic rings. The molecule has 0 radical (unpaired) electrons. The smallest absolute Gasteiger partial charge is 0.203 e. The lowest BCUT2D eigenvalue weighted by molar-refractivity contribution is 0.565. The van der Waals surface area contributed by atoms with Crippen molar-refractivity contribution in [2.24, 2.45) is 9.98 Å². The summed E-state index contributed by atoms with van der Waals surface area (Å²) in [6.07, 6.45) is 2.77. The number of thiophene rings is 1. The van der Waals surface area contributed by atoms with E-state index in [2.05, 4.69) is 219 Å². The zero-order valence-electron chi connectivity index (χ0n) is 37.6. The van der Waals surface area contributed by atoms with E-state index >= 15 is 0 Å². The first-order valence-corrected chi connectivity index (χ1v) is 24.6. The topological polar surface area (TPSA) is 28.0 Å². The van der Waals surface area contributed by atoms with Crippen molar-refractivity contribution in [1.29, 1.82) is 0 Å². The Morgan fingerprint density at radius 2 is 1.18 bits per heavy atom. The average molecular weight is 879 g/mol. The molecule has 0 amide bonds. The largest absolute Gasteiger partial charge is 0.328 e. The Kier molecular flexibility index (Phi) is 9.50. The highest BCUT2D eigenvalue weighted by Crippen LogP contribution is 2.63. The van der Waals surface area contributed by atoms with Gasteiger partial charge >= 0.3 is 0 Å². The van der Waals surface area contributed by atoms with Crippen LogP contribution in [-0.4, -0.2) is 11.5 Å². The molecule has 3 nitrogen and oxygen atoms in total. The highest BCUT2D eigenvalue weighted by Gasteiger charge is 2.47. The zero-order valence-corrected chi connectivity index (χ0v) is 38.5. The van der Waals surface area contributed by atoms with Crippen LogP contribution >= 0.6 is 11.3 Å². The van der Waals surface area contributed by atoms with Crippen LogP contribution in [0.3, 0.4) is 0 Å². The van der Waals surface area contributed by atoms with Gasteiger partial charge in [0.2, 0.25) is 4.88 Å². The number of anilines is 2. The summed E-state index contributed by atoms with van der Waals surface area (Å²) >= 11 is 1.25. The van der Waals surface area contributed by atoms with Gasteiger partial charge in [-0.1, -0.05) is 153 Å². The molecule has 67 heavy (non-hydrogen) atoms. The lowest BCUT2D eigenvalue weighted by Crippen LogP contribution is -2.25. The Hall–Kier alpha value is -7.66. The molecule has 320 valence electrons. The zero-order chi connectivity index (χ0) is 44.6. The summed E-state index contributed by atoms with van der Waals surface area (Å²) in [7, 11) is 0. The summed E-state index contributed by atoms with van der Waals surface area (Å²) < 4.78 is 1.35. The van der Waals surface area contributed by atoms with Gasteiger partial charge in [0.05, 0.1) is 22.8 Å². The van der Waals surface area contributed by atoms with Gasteiger partial charge in [-0.25, -0.2) is 9.98 Å². The highest BCUT2D eigenvalue weighted by atomic mass is 32.1. The second-order valence-electron chi connectivity index (χ2n) is 18.4. The van der Waals surface area contributed by atoms with Crippen LogP contribution in [0.2, 0.25) is 0 Å². The van der Waals surface area contributed by atoms with E-state index in [1.54, 1.807) is 0 Å². The summed E-state index contributed by atoms with van der Waals surface area (Å²) in [6.45, 7) is 4.59. The van der Waals surface area contributed by atoms with E-state index in [4.69, 9.17) is 9.98 Å². The molecule has 0 fully saturated rings. The van der Waals surface area contributed by atoms with Crippen LogP contribution in [0.25, 0.3) is 70.0 Å². The van der Waals surface area contributed by atoms with E-state index in [-0.39, 0.29) is 6.04 Å². The number of hydrogen-bond donors (Lipinski definition) is 0. The first kappa shape index (κ1) is 39.7. The number of para-hydroxylation sites is 1. The van der Waals surface area contributed by atoms with Gasteiger partial charge in [0.1, 0.15) is 5.69 Å². The lowest BCUT2D eigenvalue weighted by atomic mass is 9.84. The third-order valence-corrected chi connectivity index (χ3v) is 15.8. The van der Waals surface area contributed by atoms with Crippen molar-refractivity contribution < 1.29 is 0 Å². The summed E-state index contributed by atoms with van der Waals surface area (Å²) in [4.78, 5) is 15.3.